The number of hydrogen-bond donors (Lipinski definition) is 1. The largest absolute Gasteiger partial charge is 0.419 e. The molecule has 0 saturated carbocycles. The van der Waals surface area contributed by atoms with Crippen molar-refractivity contribution in [3.8, 4) is 0 Å². The summed E-state index contributed by atoms with van der Waals surface area (Å²) in [7, 11) is 0. The number of alkyl halides is 3. The Morgan fingerprint density at radius 2 is 1.94 bits per heavy atom. The highest BCUT2D eigenvalue weighted by Crippen LogP contribution is 2.31. The zero-order valence-electron chi connectivity index (χ0n) is 8.68. The zero-order valence-corrected chi connectivity index (χ0v) is 8.68. The van der Waals surface area contributed by atoms with Crippen LogP contribution in [0.4, 0.5) is 17.6 Å². The van der Waals surface area contributed by atoms with E-state index >= 15 is 0 Å². The van der Waals surface area contributed by atoms with Crippen molar-refractivity contribution >= 4 is 0 Å². The summed E-state index contributed by atoms with van der Waals surface area (Å²) in [5, 5.41) is 8.99. The van der Waals surface area contributed by atoms with Crippen LogP contribution in [-0.4, -0.2) is 11.2 Å². The number of hydrogen-bond acceptors (Lipinski definition) is 1. The van der Waals surface area contributed by atoms with Gasteiger partial charge in [-0.25, -0.2) is 4.39 Å². The number of benzene rings is 1. The van der Waals surface area contributed by atoms with Gasteiger partial charge in [-0.2, -0.15) is 13.2 Å². The fourth-order valence-corrected chi connectivity index (χ4v) is 1.32. The lowest BCUT2D eigenvalue weighted by atomic mass is 10.0. The van der Waals surface area contributed by atoms with Gasteiger partial charge in [-0.05, 0) is 37.5 Å². The molecule has 0 spiro atoms. The molecular formula is C11H12F4O. The summed E-state index contributed by atoms with van der Waals surface area (Å²) in [6.07, 6.45) is -4.46. The van der Waals surface area contributed by atoms with Gasteiger partial charge in [0.25, 0.3) is 0 Å². The molecule has 5 heteroatoms. The number of aliphatic hydroxyl groups is 1. The summed E-state index contributed by atoms with van der Waals surface area (Å²) in [4.78, 5) is 0. The molecule has 0 amide bonds. The maximum absolute atomic E-state index is 13.1. The lowest BCUT2D eigenvalue weighted by molar-refractivity contribution is -0.140. The molecule has 1 aromatic carbocycles. The molecule has 0 aliphatic rings. The van der Waals surface area contributed by atoms with E-state index in [1.54, 1.807) is 6.92 Å². The second kappa shape index (κ2) is 4.82. The molecule has 0 aromatic heterocycles. The maximum Gasteiger partial charge on any atom is 0.419 e. The van der Waals surface area contributed by atoms with E-state index in [1.165, 1.54) is 6.07 Å². The Hall–Kier alpha value is -1.10. The van der Waals surface area contributed by atoms with Gasteiger partial charge in [-0.3, -0.25) is 0 Å². The standard InChI is InChI=1S/C11H12F4O/c1-7(16)2-3-8-4-5-9(10(12)6-8)11(13,14)15/h4-7,16H,2-3H2,1H3. The molecule has 0 heterocycles. The summed E-state index contributed by atoms with van der Waals surface area (Å²) in [5.74, 6) is -1.27. The third kappa shape index (κ3) is 3.48. The smallest absolute Gasteiger partial charge is 0.393 e. The molecule has 0 aliphatic heterocycles. The van der Waals surface area contributed by atoms with Crippen molar-refractivity contribution < 1.29 is 22.7 Å². The van der Waals surface area contributed by atoms with E-state index in [4.69, 9.17) is 5.11 Å². The van der Waals surface area contributed by atoms with Gasteiger partial charge in [0.1, 0.15) is 5.82 Å². The lowest BCUT2D eigenvalue weighted by Crippen LogP contribution is -2.09. The van der Waals surface area contributed by atoms with Gasteiger partial charge in [-0.15, -0.1) is 0 Å². The molecule has 1 nitrogen and oxygen atoms in total. The third-order valence-corrected chi connectivity index (χ3v) is 2.19. The van der Waals surface area contributed by atoms with E-state index < -0.39 is 23.7 Å². The van der Waals surface area contributed by atoms with Crippen LogP contribution in [0.25, 0.3) is 0 Å². The minimum absolute atomic E-state index is 0.354. The monoisotopic (exact) mass is 236 g/mol. The molecule has 16 heavy (non-hydrogen) atoms. The summed E-state index contributed by atoms with van der Waals surface area (Å²) in [6, 6.07) is 2.83. The van der Waals surface area contributed by atoms with E-state index in [0.29, 0.717) is 18.4 Å². The van der Waals surface area contributed by atoms with Crippen LogP contribution < -0.4 is 0 Å². The molecule has 1 rings (SSSR count). The predicted octanol–water partition coefficient (Wildman–Crippen LogP) is 3.16. The Bertz CT molecular complexity index is 357. The molecule has 0 aliphatic carbocycles. The van der Waals surface area contributed by atoms with Gasteiger partial charge in [0, 0.05) is 0 Å². The van der Waals surface area contributed by atoms with E-state index in [0.717, 1.165) is 12.1 Å². The van der Waals surface area contributed by atoms with Crippen LogP contribution in [0.15, 0.2) is 18.2 Å². The minimum atomic E-state index is -4.66. The first-order valence-electron chi connectivity index (χ1n) is 4.84. The highest BCUT2D eigenvalue weighted by atomic mass is 19.4. The van der Waals surface area contributed by atoms with Crippen molar-refractivity contribution in [2.45, 2.75) is 32.0 Å². The Morgan fingerprint density at radius 3 is 2.38 bits per heavy atom. The minimum Gasteiger partial charge on any atom is -0.393 e. The van der Waals surface area contributed by atoms with Crippen molar-refractivity contribution in [1.29, 1.82) is 0 Å². The molecular weight excluding hydrogens is 224 g/mol. The quantitative estimate of drug-likeness (QED) is 0.799. The van der Waals surface area contributed by atoms with Crippen LogP contribution in [-0.2, 0) is 12.6 Å². The molecule has 0 fully saturated rings. The lowest BCUT2D eigenvalue weighted by Gasteiger charge is -2.09. The van der Waals surface area contributed by atoms with Crippen LogP contribution in [0.5, 0.6) is 0 Å². The van der Waals surface area contributed by atoms with E-state index in [9.17, 15) is 17.6 Å². The van der Waals surface area contributed by atoms with Crippen LogP contribution in [0.1, 0.15) is 24.5 Å². The first-order chi connectivity index (χ1) is 7.30. The van der Waals surface area contributed by atoms with Gasteiger partial charge >= 0.3 is 6.18 Å². The van der Waals surface area contributed by atoms with Crippen LogP contribution in [0, 0.1) is 5.82 Å². The number of halogens is 4. The van der Waals surface area contributed by atoms with Crippen LogP contribution >= 0.6 is 0 Å². The first kappa shape index (κ1) is 13.0. The zero-order chi connectivity index (χ0) is 12.3. The van der Waals surface area contributed by atoms with Gasteiger partial charge in [0.05, 0.1) is 11.7 Å². The van der Waals surface area contributed by atoms with Crippen molar-refractivity contribution in [2.24, 2.45) is 0 Å². The van der Waals surface area contributed by atoms with Gasteiger partial charge in [0.2, 0.25) is 0 Å². The van der Waals surface area contributed by atoms with E-state index in [-0.39, 0.29) is 0 Å². The SMILES string of the molecule is CC(O)CCc1ccc(C(F)(F)F)c(F)c1. The topological polar surface area (TPSA) is 20.2 Å². The molecule has 1 N–H and O–H groups in total. The van der Waals surface area contributed by atoms with Gasteiger partial charge in [0.15, 0.2) is 0 Å². The second-order valence-electron chi connectivity index (χ2n) is 3.70. The summed E-state index contributed by atoms with van der Waals surface area (Å²) < 4.78 is 49.7. The molecule has 1 aromatic rings. The number of rotatable bonds is 3. The average molecular weight is 236 g/mol. The van der Waals surface area contributed by atoms with E-state index in [2.05, 4.69) is 0 Å². The molecule has 1 atom stereocenters. The van der Waals surface area contributed by atoms with Crippen LogP contribution in [0.3, 0.4) is 0 Å². The van der Waals surface area contributed by atoms with E-state index in [1.807, 2.05) is 0 Å². The Kier molecular flexibility index (Phi) is 3.91. The van der Waals surface area contributed by atoms with Crippen molar-refractivity contribution in [1.82, 2.24) is 0 Å². The van der Waals surface area contributed by atoms with Crippen molar-refractivity contribution in [2.75, 3.05) is 0 Å². The molecule has 1 unspecified atom stereocenters. The Morgan fingerprint density at radius 1 is 1.31 bits per heavy atom. The van der Waals surface area contributed by atoms with Crippen LogP contribution in [0.2, 0.25) is 0 Å². The highest BCUT2D eigenvalue weighted by Gasteiger charge is 2.33. The van der Waals surface area contributed by atoms with Crippen molar-refractivity contribution in [3.05, 3.63) is 35.1 Å². The summed E-state index contributed by atoms with van der Waals surface area (Å²) >= 11 is 0. The number of aliphatic hydroxyl groups excluding tert-OH is 1. The molecule has 0 bridgehead atoms. The van der Waals surface area contributed by atoms with Crippen molar-refractivity contribution in [3.63, 3.8) is 0 Å². The average Bonchev–Trinajstić information content (AvgIpc) is 2.12. The summed E-state index contributed by atoms with van der Waals surface area (Å²) in [6.45, 7) is 1.57. The number of aryl methyl sites for hydroxylation is 1. The highest BCUT2D eigenvalue weighted by molar-refractivity contribution is 5.26. The first-order valence-corrected chi connectivity index (χ1v) is 4.84. The van der Waals surface area contributed by atoms with Gasteiger partial charge < -0.3 is 5.11 Å². The second-order valence-corrected chi connectivity index (χ2v) is 3.70. The fraction of sp³-hybridized carbons (Fsp3) is 0.455. The third-order valence-electron chi connectivity index (χ3n) is 2.19. The Balaban J connectivity index is 2.83. The molecule has 0 saturated heterocycles. The predicted molar refractivity (Wildman–Crippen MR) is 51.4 cm³/mol. The summed E-state index contributed by atoms with van der Waals surface area (Å²) in [5.41, 5.74) is -0.806. The maximum atomic E-state index is 13.1. The molecule has 90 valence electrons. The van der Waals surface area contributed by atoms with Gasteiger partial charge in [-0.1, -0.05) is 6.07 Å². The normalized spacial score (nSPS) is 13.9. The fourth-order valence-electron chi connectivity index (χ4n) is 1.32. The molecule has 0 radical (unpaired) electrons. The Labute approximate surface area is 90.7 Å².